The molecule has 4 heteroatoms. The summed E-state index contributed by atoms with van der Waals surface area (Å²) < 4.78 is 6.51. The van der Waals surface area contributed by atoms with Gasteiger partial charge in [-0.05, 0) is 29.8 Å². The van der Waals surface area contributed by atoms with Gasteiger partial charge in [-0.3, -0.25) is 0 Å². The zero-order valence-corrected chi connectivity index (χ0v) is 10.5. The lowest BCUT2D eigenvalue weighted by Crippen LogP contribution is -2.12. The summed E-state index contributed by atoms with van der Waals surface area (Å²) in [5, 5.41) is 0. The minimum absolute atomic E-state index is 0.170. The third-order valence-electron chi connectivity index (χ3n) is 1.63. The first kappa shape index (κ1) is 11.3. The van der Waals surface area contributed by atoms with Crippen LogP contribution in [0, 0.1) is 0 Å². The first-order valence-electron chi connectivity index (χ1n) is 4.50. The molecule has 0 saturated carbocycles. The smallest absolute Gasteiger partial charge is 0.139 e. The maximum absolute atomic E-state index is 5.62. The summed E-state index contributed by atoms with van der Waals surface area (Å²) in [6, 6.07) is 1.92. The standard InChI is InChI=1S/C10H15BrN2O/c1-7(2)14-9-5-10(13(3)4)12-6-8(9)11/h5-7H,1-4H3. The second-order valence-electron chi connectivity index (χ2n) is 3.53. The molecule has 0 bridgehead atoms. The highest BCUT2D eigenvalue weighted by Gasteiger charge is 2.06. The van der Waals surface area contributed by atoms with E-state index in [0.717, 1.165) is 16.0 Å². The Bertz CT molecular complexity index is 313. The molecular weight excluding hydrogens is 244 g/mol. The Morgan fingerprint density at radius 1 is 1.43 bits per heavy atom. The fraction of sp³-hybridized carbons (Fsp3) is 0.500. The van der Waals surface area contributed by atoms with E-state index < -0.39 is 0 Å². The molecule has 0 spiro atoms. The molecule has 1 rings (SSSR count). The van der Waals surface area contributed by atoms with Crippen molar-refractivity contribution >= 4 is 21.7 Å². The summed E-state index contributed by atoms with van der Waals surface area (Å²) in [5.74, 6) is 1.72. The maximum Gasteiger partial charge on any atom is 0.139 e. The summed E-state index contributed by atoms with van der Waals surface area (Å²) >= 11 is 3.40. The number of hydrogen-bond acceptors (Lipinski definition) is 3. The van der Waals surface area contributed by atoms with E-state index in [0.29, 0.717) is 0 Å². The monoisotopic (exact) mass is 258 g/mol. The van der Waals surface area contributed by atoms with Crippen LogP contribution in [-0.2, 0) is 0 Å². The van der Waals surface area contributed by atoms with Gasteiger partial charge in [0.2, 0.25) is 0 Å². The highest BCUT2D eigenvalue weighted by Crippen LogP contribution is 2.27. The average Bonchev–Trinajstić information content (AvgIpc) is 2.07. The second-order valence-corrected chi connectivity index (χ2v) is 4.39. The van der Waals surface area contributed by atoms with Crippen LogP contribution in [0.2, 0.25) is 0 Å². The minimum atomic E-state index is 0.170. The topological polar surface area (TPSA) is 25.4 Å². The SMILES string of the molecule is CC(C)Oc1cc(N(C)C)ncc1Br. The van der Waals surface area contributed by atoms with E-state index in [1.807, 2.05) is 38.9 Å². The molecule has 0 atom stereocenters. The Morgan fingerprint density at radius 2 is 2.07 bits per heavy atom. The van der Waals surface area contributed by atoms with Crippen LogP contribution < -0.4 is 9.64 Å². The van der Waals surface area contributed by atoms with Gasteiger partial charge in [-0.2, -0.15) is 0 Å². The molecule has 1 aromatic rings. The van der Waals surface area contributed by atoms with Crippen LogP contribution in [-0.4, -0.2) is 25.2 Å². The Balaban J connectivity index is 2.96. The number of hydrogen-bond donors (Lipinski definition) is 0. The van der Waals surface area contributed by atoms with Crippen molar-refractivity contribution in [3.05, 3.63) is 16.7 Å². The van der Waals surface area contributed by atoms with E-state index >= 15 is 0 Å². The van der Waals surface area contributed by atoms with Gasteiger partial charge < -0.3 is 9.64 Å². The zero-order chi connectivity index (χ0) is 10.7. The van der Waals surface area contributed by atoms with E-state index in [-0.39, 0.29) is 6.10 Å². The summed E-state index contributed by atoms with van der Waals surface area (Å²) in [6.45, 7) is 4.00. The fourth-order valence-corrected chi connectivity index (χ4v) is 1.31. The van der Waals surface area contributed by atoms with Crippen LogP contribution in [0.15, 0.2) is 16.7 Å². The lowest BCUT2D eigenvalue weighted by atomic mass is 10.4. The van der Waals surface area contributed by atoms with Crippen molar-refractivity contribution in [2.45, 2.75) is 20.0 Å². The molecule has 0 radical (unpaired) electrons. The van der Waals surface area contributed by atoms with Gasteiger partial charge in [0.05, 0.1) is 10.6 Å². The number of anilines is 1. The lowest BCUT2D eigenvalue weighted by molar-refractivity contribution is 0.240. The number of rotatable bonds is 3. The van der Waals surface area contributed by atoms with Gasteiger partial charge in [0.15, 0.2) is 0 Å². The maximum atomic E-state index is 5.62. The van der Waals surface area contributed by atoms with Gasteiger partial charge in [-0.25, -0.2) is 4.98 Å². The summed E-state index contributed by atoms with van der Waals surface area (Å²) in [5.41, 5.74) is 0. The molecule has 0 fully saturated rings. The van der Waals surface area contributed by atoms with Crippen molar-refractivity contribution in [3.63, 3.8) is 0 Å². The van der Waals surface area contributed by atoms with Gasteiger partial charge in [0.25, 0.3) is 0 Å². The molecular formula is C10H15BrN2O. The number of aromatic nitrogens is 1. The van der Waals surface area contributed by atoms with Crippen LogP contribution in [0.25, 0.3) is 0 Å². The van der Waals surface area contributed by atoms with Crippen molar-refractivity contribution in [2.75, 3.05) is 19.0 Å². The molecule has 3 nitrogen and oxygen atoms in total. The molecule has 14 heavy (non-hydrogen) atoms. The van der Waals surface area contributed by atoms with Gasteiger partial charge in [-0.15, -0.1) is 0 Å². The van der Waals surface area contributed by atoms with E-state index in [1.165, 1.54) is 0 Å². The van der Waals surface area contributed by atoms with Gasteiger partial charge >= 0.3 is 0 Å². The second kappa shape index (κ2) is 4.64. The number of halogens is 1. The van der Waals surface area contributed by atoms with E-state index in [4.69, 9.17) is 4.74 Å². The first-order valence-corrected chi connectivity index (χ1v) is 5.29. The van der Waals surface area contributed by atoms with Crippen LogP contribution >= 0.6 is 15.9 Å². The average molecular weight is 259 g/mol. The van der Waals surface area contributed by atoms with Crippen LogP contribution in [0.4, 0.5) is 5.82 Å². The normalized spacial score (nSPS) is 10.4. The summed E-state index contributed by atoms with van der Waals surface area (Å²) in [7, 11) is 3.91. The van der Waals surface area contributed by atoms with E-state index in [2.05, 4.69) is 20.9 Å². The van der Waals surface area contributed by atoms with Crippen LogP contribution in [0.3, 0.4) is 0 Å². The molecule has 0 saturated heterocycles. The molecule has 0 aliphatic heterocycles. The molecule has 0 aliphatic rings. The lowest BCUT2D eigenvalue weighted by Gasteiger charge is -2.15. The summed E-state index contributed by atoms with van der Waals surface area (Å²) in [6.07, 6.45) is 1.93. The molecule has 0 unspecified atom stereocenters. The Labute approximate surface area is 93.2 Å². The highest BCUT2D eigenvalue weighted by molar-refractivity contribution is 9.10. The number of ether oxygens (including phenoxy) is 1. The third kappa shape index (κ3) is 2.87. The molecule has 0 aliphatic carbocycles. The third-order valence-corrected chi connectivity index (χ3v) is 2.22. The molecule has 0 amide bonds. The van der Waals surface area contributed by atoms with Gasteiger partial charge in [0.1, 0.15) is 11.6 Å². The largest absolute Gasteiger partial charge is 0.490 e. The Hall–Kier alpha value is -0.770. The molecule has 1 heterocycles. The van der Waals surface area contributed by atoms with Crippen molar-refractivity contribution in [2.24, 2.45) is 0 Å². The molecule has 78 valence electrons. The fourth-order valence-electron chi connectivity index (χ4n) is 0.999. The predicted molar refractivity (Wildman–Crippen MR) is 62.0 cm³/mol. The van der Waals surface area contributed by atoms with Crippen molar-refractivity contribution in [3.8, 4) is 5.75 Å². The van der Waals surface area contributed by atoms with E-state index in [9.17, 15) is 0 Å². The molecule has 1 aromatic heterocycles. The van der Waals surface area contributed by atoms with Gasteiger partial charge in [0, 0.05) is 26.4 Å². The first-order chi connectivity index (χ1) is 6.50. The predicted octanol–water partition coefficient (Wildman–Crippen LogP) is 2.70. The Morgan fingerprint density at radius 3 is 2.57 bits per heavy atom. The zero-order valence-electron chi connectivity index (χ0n) is 8.91. The van der Waals surface area contributed by atoms with Gasteiger partial charge in [-0.1, -0.05) is 0 Å². The van der Waals surface area contributed by atoms with Crippen LogP contribution in [0.1, 0.15) is 13.8 Å². The minimum Gasteiger partial charge on any atom is -0.490 e. The van der Waals surface area contributed by atoms with Crippen molar-refractivity contribution < 1.29 is 4.74 Å². The van der Waals surface area contributed by atoms with Crippen molar-refractivity contribution in [1.82, 2.24) is 4.98 Å². The number of pyridine rings is 1. The number of nitrogens with zero attached hydrogens (tertiary/aromatic N) is 2. The van der Waals surface area contributed by atoms with E-state index in [1.54, 1.807) is 6.20 Å². The Kier molecular flexibility index (Phi) is 3.75. The summed E-state index contributed by atoms with van der Waals surface area (Å²) in [4.78, 5) is 6.19. The molecule has 0 aromatic carbocycles. The highest BCUT2D eigenvalue weighted by atomic mass is 79.9. The van der Waals surface area contributed by atoms with Crippen molar-refractivity contribution in [1.29, 1.82) is 0 Å². The quantitative estimate of drug-likeness (QED) is 0.834. The molecule has 0 N–H and O–H groups in total. The van der Waals surface area contributed by atoms with Crippen LogP contribution in [0.5, 0.6) is 5.75 Å².